The van der Waals surface area contributed by atoms with E-state index in [2.05, 4.69) is 53.7 Å². The molecule has 360 valence electrons. The Bertz CT molecular complexity index is 2130. The van der Waals surface area contributed by atoms with Gasteiger partial charge in [-0.3, -0.25) is 24.0 Å². The molecule has 2 aromatic carbocycles. The van der Waals surface area contributed by atoms with Gasteiger partial charge in [0.1, 0.15) is 11.6 Å². The summed E-state index contributed by atoms with van der Waals surface area (Å²) in [5.74, 6) is -1.23. The molecule has 0 aliphatic rings. The molecule has 13 heteroatoms. The summed E-state index contributed by atoms with van der Waals surface area (Å²) >= 11 is 0. The van der Waals surface area contributed by atoms with Crippen molar-refractivity contribution in [3.05, 3.63) is 97.4 Å². The third-order valence-electron chi connectivity index (χ3n) is 10.8. The van der Waals surface area contributed by atoms with Crippen LogP contribution in [0.25, 0.3) is 21.8 Å². The van der Waals surface area contributed by atoms with Crippen LogP contribution >= 0.6 is 0 Å². The number of hydrogen-bond acceptors (Lipinski definition) is 7. The fourth-order valence-electron chi connectivity index (χ4n) is 7.76. The van der Waals surface area contributed by atoms with Gasteiger partial charge in [0, 0.05) is 136 Å². The Morgan fingerprint density at radius 2 is 1.14 bits per heavy atom. The number of H-pyrrole nitrogens is 2. The molecule has 0 bridgehead atoms. The van der Waals surface area contributed by atoms with Crippen molar-refractivity contribution in [2.45, 2.75) is 152 Å². The van der Waals surface area contributed by atoms with Crippen LogP contribution in [0, 0.1) is 22.7 Å². The summed E-state index contributed by atoms with van der Waals surface area (Å²) < 4.78 is 0. The minimum atomic E-state index is -0.917. The average molecular weight is 1240 g/mol. The van der Waals surface area contributed by atoms with Gasteiger partial charge < -0.3 is 32.1 Å². The molecule has 1 unspecified atom stereocenters. The normalized spacial score (nSPS) is 13.7. The molecule has 65 heavy (non-hydrogen) atoms. The number of primary amides is 2. The van der Waals surface area contributed by atoms with Crippen LogP contribution < -0.4 is 22.1 Å². The maximum Gasteiger partial charge on any atom is 0.217 e. The van der Waals surface area contributed by atoms with Gasteiger partial charge in [0.25, 0.3) is 0 Å². The molecule has 0 fully saturated rings. The van der Waals surface area contributed by atoms with E-state index in [1.54, 1.807) is 0 Å². The van der Waals surface area contributed by atoms with Crippen molar-refractivity contribution in [2.24, 2.45) is 34.1 Å². The predicted octanol–water partition coefficient (Wildman–Crippen LogP) is 9.49. The van der Waals surface area contributed by atoms with Gasteiger partial charge >= 0.3 is 0 Å². The predicted molar refractivity (Wildman–Crippen MR) is 262 cm³/mol. The Hall–Kier alpha value is -3.75. The van der Waals surface area contributed by atoms with Gasteiger partial charge in [0.15, 0.2) is 5.78 Å². The standard InChI is InChI=1S/C25H37N3O3.C24H35N3O2.C2H4.CH4.2W/c1-16(2)28-25(6,12-11-22(26)30)21(29)14-17(23(31)24(3,4)5)13-18-15-27-20-10-8-7-9-19(18)20;1-16(2)27-19(12-13-22(25)28)11-10-17(23(29)24(3,4)5)14-18-15-26-21-9-7-6-8-20(18)21;1-2;;;/h7-10,15-17,27-28H,11-14H2,1-6H3,(H2,26,30);6-11,15-17,19,26-27H,12-14H2,1-5H3,(H2,25,28);1-2H2;1H4;;/b;11-10+;;;;/t17-,25+;17-,19?;;;;/m10..../s1. The number of amides is 2. The molecule has 0 aliphatic carbocycles. The van der Waals surface area contributed by atoms with E-state index in [1.165, 1.54) is 0 Å². The van der Waals surface area contributed by atoms with Gasteiger partial charge in [-0.2, -0.15) is 0 Å². The van der Waals surface area contributed by atoms with E-state index in [0.29, 0.717) is 32.1 Å². The number of allylic oxidation sites excluding steroid dienone is 1. The Morgan fingerprint density at radius 3 is 1.57 bits per heavy atom. The fourth-order valence-corrected chi connectivity index (χ4v) is 7.76. The van der Waals surface area contributed by atoms with Crippen molar-refractivity contribution in [2.75, 3.05) is 0 Å². The molecule has 2 heterocycles. The van der Waals surface area contributed by atoms with Crippen molar-refractivity contribution in [3.8, 4) is 0 Å². The first-order valence-corrected chi connectivity index (χ1v) is 21.9. The summed E-state index contributed by atoms with van der Waals surface area (Å²) in [5.41, 5.74) is 13.0. The van der Waals surface area contributed by atoms with Gasteiger partial charge in [-0.1, -0.05) is 111 Å². The van der Waals surface area contributed by atoms with Crippen LogP contribution in [0.2, 0.25) is 0 Å². The van der Waals surface area contributed by atoms with Gasteiger partial charge in [0.05, 0.1) is 5.54 Å². The zero-order valence-corrected chi connectivity index (χ0v) is 46.1. The number of fused-ring (bicyclic) bond motifs is 2. The smallest absolute Gasteiger partial charge is 0.217 e. The number of carbonyl (C=O) groups is 5. The monoisotopic (exact) mass is 1240 g/mol. The van der Waals surface area contributed by atoms with Crippen LogP contribution in [-0.4, -0.2) is 62.8 Å². The number of hydrogen-bond donors (Lipinski definition) is 6. The molecule has 2 aromatic heterocycles. The van der Waals surface area contributed by atoms with Crippen molar-refractivity contribution in [3.63, 3.8) is 0 Å². The van der Waals surface area contributed by atoms with Crippen molar-refractivity contribution < 1.29 is 66.1 Å². The van der Waals surface area contributed by atoms with Crippen LogP contribution in [0.5, 0.6) is 0 Å². The number of aromatic nitrogens is 2. The summed E-state index contributed by atoms with van der Waals surface area (Å²) in [7, 11) is 0. The Kier molecular flexibility index (Phi) is 28.4. The quantitative estimate of drug-likeness (QED) is 0.0448. The molecule has 4 rings (SSSR count). The van der Waals surface area contributed by atoms with Gasteiger partial charge in [-0.15, -0.1) is 13.2 Å². The van der Waals surface area contributed by atoms with E-state index in [0.717, 1.165) is 32.9 Å². The Labute approximate surface area is 418 Å². The third-order valence-corrected chi connectivity index (χ3v) is 10.8. The molecule has 11 nitrogen and oxygen atoms in total. The summed E-state index contributed by atoms with van der Waals surface area (Å²) in [6, 6.07) is 16.4. The second kappa shape index (κ2) is 29.1. The minimum Gasteiger partial charge on any atom is -0.370 e. The topological polar surface area (TPSA) is 193 Å². The second-order valence-corrected chi connectivity index (χ2v) is 19.2. The number of nitrogens with two attached hydrogens (primary N) is 2. The molecule has 8 N–H and O–H groups in total. The molecule has 4 atom stereocenters. The second-order valence-electron chi connectivity index (χ2n) is 19.2. The van der Waals surface area contributed by atoms with Crippen LogP contribution in [-0.2, 0) is 78.9 Å². The average Bonchev–Trinajstić information content (AvgIpc) is 3.80. The summed E-state index contributed by atoms with van der Waals surface area (Å²) in [6.07, 6.45) is 10.6. The number of Topliss-reactive ketones (excluding diaryl/α,β-unsaturated/α-hetero) is 3. The molecule has 2 amide bonds. The number of aromatic amines is 2. The van der Waals surface area contributed by atoms with Crippen LogP contribution in [0.4, 0.5) is 0 Å². The number of benzene rings is 2. The molecule has 0 spiro atoms. The van der Waals surface area contributed by atoms with Crippen molar-refractivity contribution in [1.82, 2.24) is 20.6 Å². The zero-order chi connectivity index (χ0) is 47.0. The zero-order valence-electron chi connectivity index (χ0n) is 40.2. The fraction of sp³-hybridized carbons (Fsp3) is 0.519. The third kappa shape index (κ3) is 20.8. The maximum atomic E-state index is 13.5. The molecule has 0 saturated carbocycles. The van der Waals surface area contributed by atoms with Gasteiger partial charge in [-0.25, -0.2) is 0 Å². The van der Waals surface area contributed by atoms with E-state index >= 15 is 0 Å². The van der Waals surface area contributed by atoms with Gasteiger partial charge in [-0.05, 0) is 69.7 Å². The number of rotatable bonds is 21. The van der Waals surface area contributed by atoms with E-state index < -0.39 is 28.2 Å². The van der Waals surface area contributed by atoms with Crippen LogP contribution in [0.1, 0.15) is 127 Å². The first-order valence-electron chi connectivity index (χ1n) is 21.9. The first-order chi connectivity index (χ1) is 28.9. The summed E-state index contributed by atoms with van der Waals surface area (Å²) in [5, 5.41) is 8.97. The van der Waals surface area contributed by atoms with E-state index in [9.17, 15) is 24.0 Å². The summed E-state index contributed by atoms with van der Waals surface area (Å²) in [4.78, 5) is 69.1. The van der Waals surface area contributed by atoms with E-state index in [4.69, 9.17) is 11.5 Å². The Balaban J connectivity index is 0. The Morgan fingerprint density at radius 1 is 0.677 bits per heavy atom. The number of para-hydroxylation sites is 2. The molecule has 0 saturated heterocycles. The van der Waals surface area contributed by atoms with Crippen molar-refractivity contribution in [1.29, 1.82) is 0 Å². The van der Waals surface area contributed by atoms with Crippen LogP contribution in [0.15, 0.2) is 86.2 Å². The summed E-state index contributed by atoms with van der Waals surface area (Å²) in [6.45, 7) is 27.4. The number of ketones is 3. The maximum absolute atomic E-state index is 13.5. The molecule has 0 radical (unpaired) electrons. The SMILES string of the molecule is C.C=C.CC(C)NC(/C=C/[C@@H](Cc1c[nH]c2ccccc12)C(=O)C(C)(C)C)CCC(N)=O.CC(C)N[C@@](C)(CCC(N)=O)C(=O)C[C@@H](Cc1c[nH]c2ccccc12)C(=O)C(C)(C)C.[W].[W]. The minimum absolute atomic E-state index is 0. The first kappa shape index (κ1) is 63.3. The molecule has 4 aromatic rings. The van der Waals surface area contributed by atoms with Crippen LogP contribution in [0.3, 0.4) is 0 Å². The number of carbonyl (C=O) groups excluding carboxylic acids is 5. The van der Waals surface area contributed by atoms with Gasteiger partial charge in [0.2, 0.25) is 11.8 Å². The molecule has 0 aliphatic heterocycles. The van der Waals surface area contributed by atoms with E-state index in [-0.39, 0.29) is 110 Å². The number of nitrogens with one attached hydrogen (secondary N) is 4. The molecular formula is C52H80N6O5W2. The van der Waals surface area contributed by atoms with Crippen molar-refractivity contribution >= 4 is 51.0 Å². The largest absolute Gasteiger partial charge is 0.370 e. The molecular weight excluding hydrogens is 1160 g/mol. The van der Waals surface area contributed by atoms with E-state index in [1.807, 2.05) is 129 Å².